The number of piperazine rings is 1. The molecule has 0 spiro atoms. The fraction of sp³-hybridized carbons (Fsp3) is 0.600. The second-order valence-corrected chi connectivity index (χ2v) is 3.71. The second kappa shape index (κ2) is 4.44. The van der Waals surface area contributed by atoms with Gasteiger partial charge in [-0.15, -0.1) is 0 Å². The van der Waals surface area contributed by atoms with Gasteiger partial charge in [0, 0.05) is 32.2 Å². The van der Waals surface area contributed by atoms with E-state index < -0.39 is 0 Å². The lowest BCUT2D eigenvalue weighted by molar-refractivity contribution is 0.311. The van der Waals surface area contributed by atoms with Crippen LogP contribution in [0.4, 0.5) is 5.82 Å². The Labute approximate surface area is 89.7 Å². The van der Waals surface area contributed by atoms with Crippen LogP contribution in [0.2, 0.25) is 0 Å². The molecule has 5 heteroatoms. The van der Waals surface area contributed by atoms with Gasteiger partial charge in [-0.2, -0.15) is 0 Å². The lowest BCUT2D eigenvalue weighted by Crippen LogP contribution is -2.44. The van der Waals surface area contributed by atoms with Gasteiger partial charge in [0.1, 0.15) is 12.1 Å². The van der Waals surface area contributed by atoms with Gasteiger partial charge in [-0.1, -0.05) is 0 Å². The van der Waals surface area contributed by atoms with Crippen LogP contribution in [0.5, 0.6) is 5.88 Å². The first-order chi connectivity index (χ1) is 7.29. The lowest BCUT2D eigenvalue weighted by Gasteiger charge is -2.33. The molecule has 0 saturated carbocycles. The molecule has 1 saturated heterocycles. The zero-order chi connectivity index (χ0) is 10.7. The lowest BCUT2D eigenvalue weighted by atomic mass is 10.3. The van der Waals surface area contributed by atoms with Crippen LogP contribution in [0.1, 0.15) is 0 Å². The topological polar surface area (TPSA) is 41.5 Å². The number of rotatable bonds is 2. The highest BCUT2D eigenvalue weighted by atomic mass is 16.5. The SMILES string of the molecule is COc1cc(N2CCN(C)CC2)ncn1. The molecule has 1 aromatic rings. The van der Waals surface area contributed by atoms with Gasteiger partial charge in [-0.3, -0.25) is 0 Å². The maximum absolute atomic E-state index is 5.08. The highest BCUT2D eigenvalue weighted by molar-refractivity contribution is 5.41. The van der Waals surface area contributed by atoms with Crippen LogP contribution in [-0.2, 0) is 0 Å². The second-order valence-electron chi connectivity index (χ2n) is 3.71. The van der Waals surface area contributed by atoms with E-state index in [0.29, 0.717) is 5.88 Å². The van der Waals surface area contributed by atoms with Crippen molar-refractivity contribution in [3.8, 4) is 5.88 Å². The smallest absolute Gasteiger partial charge is 0.218 e. The highest BCUT2D eigenvalue weighted by Crippen LogP contribution is 2.16. The molecule has 0 aromatic carbocycles. The quantitative estimate of drug-likeness (QED) is 0.696. The summed E-state index contributed by atoms with van der Waals surface area (Å²) in [5.41, 5.74) is 0. The van der Waals surface area contributed by atoms with E-state index in [1.54, 1.807) is 13.4 Å². The largest absolute Gasteiger partial charge is 0.481 e. The van der Waals surface area contributed by atoms with Crippen LogP contribution >= 0.6 is 0 Å². The van der Waals surface area contributed by atoms with Gasteiger partial charge < -0.3 is 14.5 Å². The van der Waals surface area contributed by atoms with Crippen molar-refractivity contribution in [2.75, 3.05) is 45.2 Å². The molecule has 0 atom stereocenters. The van der Waals surface area contributed by atoms with Crippen molar-refractivity contribution in [3.63, 3.8) is 0 Å². The van der Waals surface area contributed by atoms with Crippen LogP contribution < -0.4 is 9.64 Å². The Morgan fingerprint density at radius 3 is 2.60 bits per heavy atom. The summed E-state index contributed by atoms with van der Waals surface area (Å²) in [5, 5.41) is 0. The predicted octanol–water partition coefficient (Wildman–Crippen LogP) is 0.237. The Morgan fingerprint density at radius 2 is 1.93 bits per heavy atom. The van der Waals surface area contributed by atoms with E-state index in [0.717, 1.165) is 32.0 Å². The molecule has 2 rings (SSSR count). The van der Waals surface area contributed by atoms with Gasteiger partial charge >= 0.3 is 0 Å². The molecule has 1 aromatic heterocycles. The van der Waals surface area contributed by atoms with Gasteiger partial charge in [0.25, 0.3) is 0 Å². The average Bonchev–Trinajstić information content (AvgIpc) is 2.30. The van der Waals surface area contributed by atoms with Gasteiger partial charge in [-0.05, 0) is 7.05 Å². The van der Waals surface area contributed by atoms with Crippen LogP contribution in [-0.4, -0.2) is 55.2 Å². The highest BCUT2D eigenvalue weighted by Gasteiger charge is 2.15. The summed E-state index contributed by atoms with van der Waals surface area (Å²) < 4.78 is 5.08. The third kappa shape index (κ3) is 2.36. The Bertz CT molecular complexity index is 323. The number of anilines is 1. The first-order valence-corrected chi connectivity index (χ1v) is 5.09. The zero-order valence-electron chi connectivity index (χ0n) is 9.18. The number of hydrogen-bond donors (Lipinski definition) is 0. The Kier molecular flexibility index (Phi) is 3.01. The molecule has 0 bridgehead atoms. The van der Waals surface area contributed by atoms with Crippen molar-refractivity contribution >= 4 is 5.82 Å². The minimum atomic E-state index is 0.624. The molecular formula is C10H16N4O. The third-order valence-electron chi connectivity index (χ3n) is 2.66. The van der Waals surface area contributed by atoms with E-state index in [1.165, 1.54) is 0 Å². The van der Waals surface area contributed by atoms with Crippen molar-refractivity contribution < 1.29 is 4.74 Å². The first-order valence-electron chi connectivity index (χ1n) is 5.09. The van der Waals surface area contributed by atoms with Gasteiger partial charge in [0.05, 0.1) is 7.11 Å². The zero-order valence-corrected chi connectivity index (χ0v) is 9.18. The molecular weight excluding hydrogens is 192 g/mol. The van der Waals surface area contributed by atoms with E-state index in [4.69, 9.17) is 4.74 Å². The normalized spacial score (nSPS) is 17.9. The number of likely N-dealkylation sites (N-methyl/N-ethyl adjacent to an activating group) is 1. The predicted molar refractivity (Wildman–Crippen MR) is 58.3 cm³/mol. The van der Waals surface area contributed by atoms with Crippen LogP contribution in [0, 0.1) is 0 Å². The maximum Gasteiger partial charge on any atom is 0.218 e. The molecule has 2 heterocycles. The molecule has 1 aliphatic heterocycles. The van der Waals surface area contributed by atoms with E-state index in [9.17, 15) is 0 Å². The molecule has 1 fully saturated rings. The minimum absolute atomic E-state index is 0.624. The Hall–Kier alpha value is -1.36. The molecule has 0 unspecified atom stereocenters. The summed E-state index contributed by atoms with van der Waals surface area (Å²) in [6, 6.07) is 1.88. The Balaban J connectivity index is 2.08. The molecule has 0 amide bonds. The van der Waals surface area contributed by atoms with E-state index in [-0.39, 0.29) is 0 Å². The van der Waals surface area contributed by atoms with Gasteiger partial charge in [0.2, 0.25) is 5.88 Å². The van der Waals surface area contributed by atoms with Crippen molar-refractivity contribution in [2.45, 2.75) is 0 Å². The summed E-state index contributed by atoms with van der Waals surface area (Å²) >= 11 is 0. The summed E-state index contributed by atoms with van der Waals surface area (Å²) in [5.74, 6) is 1.58. The van der Waals surface area contributed by atoms with E-state index >= 15 is 0 Å². The number of hydrogen-bond acceptors (Lipinski definition) is 5. The van der Waals surface area contributed by atoms with E-state index in [1.807, 2.05) is 6.07 Å². The number of methoxy groups -OCH3 is 1. The average molecular weight is 208 g/mol. The fourth-order valence-corrected chi connectivity index (χ4v) is 1.65. The van der Waals surface area contributed by atoms with Crippen molar-refractivity contribution in [1.82, 2.24) is 14.9 Å². The Morgan fingerprint density at radius 1 is 1.20 bits per heavy atom. The molecule has 15 heavy (non-hydrogen) atoms. The standard InChI is InChI=1S/C10H16N4O/c1-13-3-5-14(6-4-13)9-7-10(15-2)12-8-11-9/h7-8H,3-6H2,1-2H3. The van der Waals surface area contributed by atoms with Crippen LogP contribution in [0.15, 0.2) is 12.4 Å². The molecule has 82 valence electrons. The number of nitrogens with zero attached hydrogens (tertiary/aromatic N) is 4. The van der Waals surface area contributed by atoms with Crippen molar-refractivity contribution in [1.29, 1.82) is 0 Å². The molecule has 5 nitrogen and oxygen atoms in total. The van der Waals surface area contributed by atoms with Gasteiger partial charge in [0.15, 0.2) is 0 Å². The number of ether oxygens (including phenoxy) is 1. The summed E-state index contributed by atoms with van der Waals surface area (Å²) in [6.07, 6.45) is 1.55. The van der Waals surface area contributed by atoms with Crippen molar-refractivity contribution in [3.05, 3.63) is 12.4 Å². The third-order valence-corrected chi connectivity index (χ3v) is 2.66. The monoisotopic (exact) mass is 208 g/mol. The fourth-order valence-electron chi connectivity index (χ4n) is 1.65. The number of aromatic nitrogens is 2. The summed E-state index contributed by atoms with van der Waals surface area (Å²) in [7, 11) is 3.76. The summed E-state index contributed by atoms with van der Waals surface area (Å²) in [6.45, 7) is 4.17. The van der Waals surface area contributed by atoms with E-state index in [2.05, 4.69) is 26.8 Å². The van der Waals surface area contributed by atoms with Crippen LogP contribution in [0.25, 0.3) is 0 Å². The molecule has 0 aliphatic carbocycles. The molecule has 0 N–H and O–H groups in total. The maximum atomic E-state index is 5.08. The minimum Gasteiger partial charge on any atom is -0.481 e. The molecule has 0 radical (unpaired) electrons. The van der Waals surface area contributed by atoms with Gasteiger partial charge in [-0.25, -0.2) is 9.97 Å². The summed E-state index contributed by atoms with van der Waals surface area (Å²) in [4.78, 5) is 12.8. The first kappa shape index (κ1) is 10.2. The van der Waals surface area contributed by atoms with Crippen LogP contribution in [0.3, 0.4) is 0 Å². The van der Waals surface area contributed by atoms with Crippen molar-refractivity contribution in [2.24, 2.45) is 0 Å². The molecule has 1 aliphatic rings.